The Hall–Kier alpha value is 0.960. The average Bonchev–Trinajstić information content (AvgIpc) is 1.72. The van der Waals surface area contributed by atoms with E-state index in [2.05, 4.69) is 4.31 Å². The van der Waals surface area contributed by atoms with Crippen molar-refractivity contribution in [2.75, 3.05) is 26.3 Å². The van der Waals surface area contributed by atoms with Crippen molar-refractivity contribution in [1.29, 1.82) is 0 Å². The van der Waals surface area contributed by atoms with Crippen LogP contribution in [0.5, 0.6) is 0 Å². The summed E-state index contributed by atoms with van der Waals surface area (Å²) < 4.78 is 12.2. The molecule has 0 saturated carbocycles. The fourth-order valence-electron chi connectivity index (χ4n) is 1.37. The zero-order valence-electron chi connectivity index (χ0n) is 5.38. The monoisotopic (exact) mass is 273 g/mol. The fraction of sp³-hybridized carbons (Fsp3) is 1.00. The van der Waals surface area contributed by atoms with Gasteiger partial charge in [-0.05, 0) is 0 Å². The molecule has 2 rings (SSSR count). The Bertz CT molecular complexity index is 134. The first-order chi connectivity index (χ1) is 4.85. The van der Waals surface area contributed by atoms with Gasteiger partial charge < -0.3 is 4.74 Å². The van der Waals surface area contributed by atoms with Gasteiger partial charge in [0, 0.05) is 18.5 Å². The van der Waals surface area contributed by atoms with E-state index in [0.29, 0.717) is 5.41 Å². The van der Waals surface area contributed by atoms with Gasteiger partial charge in [0.05, 0.1) is 25.4 Å². The second-order valence-electron chi connectivity index (χ2n) is 2.93. The summed E-state index contributed by atoms with van der Waals surface area (Å²) in [5.74, 6) is 0. The standard InChI is InChI=1S/C5H8INO2S/c6-9-10-7-1-5(2-7)3-8-4-5/h1-4H2. The molecule has 0 unspecified atom stereocenters. The first-order valence-electron chi connectivity index (χ1n) is 3.13. The summed E-state index contributed by atoms with van der Waals surface area (Å²) in [5.41, 5.74) is 0.516. The summed E-state index contributed by atoms with van der Waals surface area (Å²) in [6.45, 7) is 4.15. The number of ether oxygens (including phenoxy) is 1. The van der Waals surface area contributed by atoms with Gasteiger partial charge in [0.15, 0.2) is 0 Å². The lowest BCUT2D eigenvalue weighted by molar-refractivity contribution is -0.165. The first-order valence-corrected chi connectivity index (χ1v) is 4.71. The summed E-state index contributed by atoms with van der Waals surface area (Å²) in [6, 6.07) is 0. The van der Waals surface area contributed by atoms with Crippen molar-refractivity contribution in [3.05, 3.63) is 0 Å². The molecule has 2 fully saturated rings. The normalized spacial score (nSPS) is 29.7. The Morgan fingerprint density at radius 1 is 1.50 bits per heavy atom. The van der Waals surface area contributed by atoms with Crippen LogP contribution in [-0.4, -0.2) is 30.6 Å². The van der Waals surface area contributed by atoms with Gasteiger partial charge in [-0.25, -0.2) is 6.82 Å². The number of hydrogen-bond acceptors (Lipinski definition) is 4. The molecule has 2 aliphatic heterocycles. The molecular weight excluding hydrogens is 265 g/mol. The summed E-state index contributed by atoms with van der Waals surface area (Å²) in [6.07, 6.45) is 0. The maximum atomic E-state index is 5.13. The molecule has 0 N–H and O–H groups in total. The fourth-order valence-corrected chi connectivity index (χ4v) is 2.78. The molecule has 2 aliphatic rings. The third kappa shape index (κ3) is 1.18. The highest BCUT2D eigenvalue weighted by molar-refractivity contribution is 14.1. The molecule has 3 nitrogen and oxygen atoms in total. The van der Waals surface area contributed by atoms with Gasteiger partial charge in [0.2, 0.25) is 0 Å². The lowest BCUT2D eigenvalue weighted by Crippen LogP contribution is -2.63. The van der Waals surface area contributed by atoms with E-state index in [4.69, 9.17) is 7.25 Å². The lowest BCUT2D eigenvalue weighted by Gasteiger charge is -2.53. The highest BCUT2D eigenvalue weighted by Crippen LogP contribution is 2.41. The van der Waals surface area contributed by atoms with Gasteiger partial charge in [0.25, 0.3) is 0 Å². The molecular formula is C5H8INO2S. The second-order valence-corrected chi connectivity index (χ2v) is 4.80. The minimum absolute atomic E-state index is 0.516. The largest absolute Gasteiger partial charge is 0.380 e. The number of hydrogen-bond donors (Lipinski definition) is 0. The van der Waals surface area contributed by atoms with Crippen molar-refractivity contribution >= 4 is 35.2 Å². The molecule has 1 spiro atoms. The highest BCUT2D eigenvalue weighted by atomic mass is 127. The van der Waals surface area contributed by atoms with Crippen molar-refractivity contribution in [2.45, 2.75) is 0 Å². The molecule has 0 aromatic heterocycles. The van der Waals surface area contributed by atoms with Crippen LogP contribution in [0.15, 0.2) is 0 Å². The molecule has 0 amide bonds. The Labute approximate surface area is 78.5 Å². The SMILES string of the molecule is IOSN1CC2(COC2)C1. The van der Waals surface area contributed by atoms with E-state index >= 15 is 0 Å². The van der Waals surface area contributed by atoms with Crippen LogP contribution in [0.4, 0.5) is 0 Å². The van der Waals surface area contributed by atoms with Crippen molar-refractivity contribution in [2.24, 2.45) is 5.41 Å². The maximum Gasteiger partial charge on any atom is 0.129 e. The zero-order chi connectivity index (χ0) is 7.03. The van der Waals surface area contributed by atoms with Crippen molar-refractivity contribution in [3.8, 4) is 0 Å². The Morgan fingerprint density at radius 2 is 2.20 bits per heavy atom. The molecule has 0 aromatic rings. The topological polar surface area (TPSA) is 21.7 Å². The van der Waals surface area contributed by atoms with Crippen molar-refractivity contribution < 1.29 is 7.25 Å². The molecule has 58 valence electrons. The molecule has 0 radical (unpaired) electrons. The summed E-state index contributed by atoms with van der Waals surface area (Å²) >= 11 is 3.33. The van der Waals surface area contributed by atoms with E-state index in [0.717, 1.165) is 26.3 Å². The summed E-state index contributed by atoms with van der Waals surface area (Å²) in [5, 5.41) is 0. The van der Waals surface area contributed by atoms with E-state index < -0.39 is 0 Å². The number of rotatable bonds is 2. The van der Waals surface area contributed by atoms with E-state index in [1.54, 1.807) is 0 Å². The van der Waals surface area contributed by atoms with E-state index in [9.17, 15) is 0 Å². The van der Waals surface area contributed by atoms with Crippen LogP contribution < -0.4 is 0 Å². The van der Waals surface area contributed by atoms with Crippen LogP contribution in [0.3, 0.4) is 0 Å². The third-order valence-electron chi connectivity index (χ3n) is 1.97. The van der Waals surface area contributed by atoms with Crippen LogP contribution in [0.25, 0.3) is 0 Å². The molecule has 0 atom stereocenters. The number of nitrogens with zero attached hydrogens (tertiary/aromatic N) is 1. The van der Waals surface area contributed by atoms with Crippen molar-refractivity contribution in [3.63, 3.8) is 0 Å². The lowest BCUT2D eigenvalue weighted by atomic mass is 9.80. The predicted molar refractivity (Wildman–Crippen MR) is 47.5 cm³/mol. The van der Waals surface area contributed by atoms with Crippen LogP contribution in [0, 0.1) is 5.41 Å². The molecule has 2 saturated heterocycles. The third-order valence-corrected chi connectivity index (χ3v) is 2.98. The van der Waals surface area contributed by atoms with Gasteiger partial charge in [0.1, 0.15) is 23.0 Å². The van der Waals surface area contributed by atoms with Gasteiger partial charge in [-0.3, -0.25) is 0 Å². The molecule has 5 heteroatoms. The number of halogens is 1. The average molecular weight is 273 g/mol. The summed E-state index contributed by atoms with van der Waals surface area (Å²) in [7, 11) is 0. The van der Waals surface area contributed by atoms with Gasteiger partial charge in [-0.2, -0.15) is 0 Å². The molecule has 0 bridgehead atoms. The van der Waals surface area contributed by atoms with E-state index in [-0.39, 0.29) is 0 Å². The minimum Gasteiger partial charge on any atom is -0.380 e. The first kappa shape index (κ1) is 7.60. The Kier molecular flexibility index (Phi) is 2.11. The van der Waals surface area contributed by atoms with E-state index in [1.807, 2.05) is 23.0 Å². The Balaban J connectivity index is 1.72. The van der Waals surface area contributed by atoms with Crippen LogP contribution >= 0.6 is 35.2 Å². The summed E-state index contributed by atoms with van der Waals surface area (Å²) in [4.78, 5) is 0. The zero-order valence-corrected chi connectivity index (χ0v) is 8.35. The van der Waals surface area contributed by atoms with Gasteiger partial charge in [-0.15, -0.1) is 0 Å². The van der Waals surface area contributed by atoms with Crippen LogP contribution in [0.2, 0.25) is 0 Å². The minimum atomic E-state index is 0.516. The highest BCUT2D eigenvalue weighted by Gasteiger charge is 2.49. The van der Waals surface area contributed by atoms with Crippen LogP contribution in [-0.2, 0) is 7.25 Å². The smallest absolute Gasteiger partial charge is 0.129 e. The quantitative estimate of drug-likeness (QED) is 0.429. The molecule has 0 aromatic carbocycles. The molecule has 2 heterocycles. The van der Waals surface area contributed by atoms with Crippen molar-refractivity contribution in [1.82, 2.24) is 4.31 Å². The van der Waals surface area contributed by atoms with Gasteiger partial charge in [-0.1, -0.05) is 0 Å². The van der Waals surface area contributed by atoms with Crippen LogP contribution in [0.1, 0.15) is 0 Å². The van der Waals surface area contributed by atoms with E-state index in [1.165, 1.54) is 12.2 Å². The maximum absolute atomic E-state index is 5.13. The molecule has 0 aliphatic carbocycles. The predicted octanol–water partition coefficient (Wildman–Crippen LogP) is 1.25. The second kappa shape index (κ2) is 2.78. The molecule has 10 heavy (non-hydrogen) atoms. The van der Waals surface area contributed by atoms with Gasteiger partial charge >= 0.3 is 0 Å². The Morgan fingerprint density at radius 3 is 2.60 bits per heavy atom.